The van der Waals surface area contributed by atoms with Crippen LogP contribution in [0.4, 0.5) is 0 Å². The van der Waals surface area contributed by atoms with Gasteiger partial charge in [-0.3, -0.25) is 4.79 Å². The Morgan fingerprint density at radius 1 is 1.19 bits per heavy atom. The lowest BCUT2D eigenvalue weighted by Gasteiger charge is -2.26. The van der Waals surface area contributed by atoms with Gasteiger partial charge in [-0.25, -0.2) is 8.42 Å². The number of carbonyl (C=O) groups excluding carboxylic acids is 1. The van der Waals surface area contributed by atoms with E-state index in [9.17, 15) is 13.2 Å². The Kier molecular flexibility index (Phi) is 5.27. The quantitative estimate of drug-likeness (QED) is 0.863. The summed E-state index contributed by atoms with van der Waals surface area (Å²) in [5.74, 6) is 1.17. The van der Waals surface area contributed by atoms with Crippen molar-refractivity contribution in [1.29, 1.82) is 0 Å². The number of nitrogens with one attached hydrogen (secondary N) is 1. The number of benzene rings is 1. The molecular formula is C15H20ClNO3S. The summed E-state index contributed by atoms with van der Waals surface area (Å²) in [5.41, 5.74) is 0.447. The monoisotopic (exact) mass is 329 g/mol. The minimum atomic E-state index is -3.74. The van der Waals surface area contributed by atoms with Crippen LogP contribution in [0.15, 0.2) is 29.2 Å². The van der Waals surface area contributed by atoms with Crippen molar-refractivity contribution in [2.75, 3.05) is 6.54 Å². The van der Waals surface area contributed by atoms with Gasteiger partial charge in [0, 0.05) is 22.8 Å². The normalized spacial score (nSPS) is 22.8. The molecule has 2 rings (SSSR count). The molecule has 0 radical (unpaired) electrons. The maximum Gasteiger partial charge on any atom is 0.261 e. The molecular weight excluding hydrogens is 310 g/mol. The van der Waals surface area contributed by atoms with Crippen LogP contribution in [-0.4, -0.2) is 20.9 Å². The molecule has 0 atom stereocenters. The number of hydrogen-bond acceptors (Lipinski definition) is 3. The van der Waals surface area contributed by atoms with Gasteiger partial charge in [0.2, 0.25) is 0 Å². The third-order valence-electron chi connectivity index (χ3n) is 4.08. The van der Waals surface area contributed by atoms with Gasteiger partial charge in [-0.2, -0.15) is 0 Å². The van der Waals surface area contributed by atoms with Gasteiger partial charge in [0.15, 0.2) is 0 Å². The predicted molar refractivity (Wildman–Crippen MR) is 82.9 cm³/mol. The van der Waals surface area contributed by atoms with Gasteiger partial charge < -0.3 is 5.32 Å². The summed E-state index contributed by atoms with van der Waals surface area (Å²) in [6, 6.07) is 5.65. The third-order valence-corrected chi connectivity index (χ3v) is 5.45. The van der Waals surface area contributed by atoms with Gasteiger partial charge in [-0.1, -0.05) is 19.8 Å². The van der Waals surface area contributed by atoms with E-state index in [2.05, 4.69) is 12.2 Å². The van der Waals surface area contributed by atoms with Gasteiger partial charge in [0.25, 0.3) is 15.0 Å². The van der Waals surface area contributed by atoms with E-state index < -0.39 is 9.05 Å². The fraction of sp³-hybridized carbons (Fsp3) is 0.533. The Balaban J connectivity index is 1.89. The van der Waals surface area contributed by atoms with Crippen molar-refractivity contribution < 1.29 is 13.2 Å². The lowest BCUT2D eigenvalue weighted by atomic mass is 9.83. The van der Waals surface area contributed by atoms with Gasteiger partial charge >= 0.3 is 0 Å². The molecule has 1 aromatic rings. The number of hydrogen-bond donors (Lipinski definition) is 1. The van der Waals surface area contributed by atoms with Crippen LogP contribution >= 0.6 is 10.7 Å². The molecule has 0 aromatic heterocycles. The summed E-state index contributed by atoms with van der Waals surface area (Å²) in [4.78, 5) is 12.0. The highest BCUT2D eigenvalue weighted by atomic mass is 35.7. The number of carbonyl (C=O) groups is 1. The molecule has 0 saturated heterocycles. The number of amides is 1. The molecule has 1 fully saturated rings. The molecule has 0 heterocycles. The smallest absolute Gasteiger partial charge is 0.261 e. The van der Waals surface area contributed by atoms with Crippen LogP contribution in [0.1, 0.15) is 43.0 Å². The summed E-state index contributed by atoms with van der Waals surface area (Å²) in [7, 11) is 1.50. The largest absolute Gasteiger partial charge is 0.352 e. The predicted octanol–water partition coefficient (Wildman–Crippen LogP) is 3.17. The molecule has 0 aliphatic heterocycles. The lowest BCUT2D eigenvalue weighted by molar-refractivity contribution is 0.0942. The fourth-order valence-corrected chi connectivity index (χ4v) is 3.41. The molecule has 4 nitrogen and oxygen atoms in total. The van der Waals surface area contributed by atoms with Crippen LogP contribution in [-0.2, 0) is 9.05 Å². The maximum atomic E-state index is 12.0. The molecule has 0 spiro atoms. The Morgan fingerprint density at radius 2 is 1.76 bits per heavy atom. The molecule has 1 saturated carbocycles. The number of halogens is 1. The summed E-state index contributed by atoms with van der Waals surface area (Å²) in [5, 5.41) is 2.92. The average molecular weight is 330 g/mol. The highest BCUT2D eigenvalue weighted by Crippen LogP contribution is 2.27. The minimum Gasteiger partial charge on any atom is -0.352 e. The molecule has 1 amide bonds. The van der Waals surface area contributed by atoms with Gasteiger partial charge in [0.1, 0.15) is 0 Å². The van der Waals surface area contributed by atoms with E-state index in [0.717, 1.165) is 18.8 Å². The molecule has 116 valence electrons. The van der Waals surface area contributed by atoms with Crippen molar-refractivity contribution in [2.24, 2.45) is 11.8 Å². The Labute approximate surface area is 130 Å². The van der Waals surface area contributed by atoms with Crippen LogP contribution < -0.4 is 5.32 Å². The van der Waals surface area contributed by atoms with Gasteiger partial charge in [-0.05, 0) is 48.9 Å². The van der Waals surface area contributed by atoms with E-state index in [1.807, 2.05) is 0 Å². The van der Waals surface area contributed by atoms with Crippen molar-refractivity contribution >= 4 is 25.6 Å². The first-order valence-corrected chi connectivity index (χ1v) is 9.50. The van der Waals surface area contributed by atoms with Crippen molar-refractivity contribution in [3.8, 4) is 0 Å². The zero-order chi connectivity index (χ0) is 15.5. The van der Waals surface area contributed by atoms with E-state index in [1.54, 1.807) is 0 Å². The van der Waals surface area contributed by atoms with E-state index in [1.165, 1.54) is 37.1 Å². The van der Waals surface area contributed by atoms with E-state index in [-0.39, 0.29) is 10.8 Å². The van der Waals surface area contributed by atoms with Crippen LogP contribution in [0.3, 0.4) is 0 Å². The molecule has 1 aromatic carbocycles. The fourth-order valence-electron chi connectivity index (χ4n) is 2.64. The van der Waals surface area contributed by atoms with Crippen molar-refractivity contribution in [3.63, 3.8) is 0 Å². The summed E-state index contributed by atoms with van der Waals surface area (Å²) < 4.78 is 22.3. The highest BCUT2D eigenvalue weighted by Gasteiger charge is 2.19. The molecule has 1 N–H and O–H groups in total. The van der Waals surface area contributed by atoms with Crippen molar-refractivity contribution in [1.82, 2.24) is 5.32 Å². The Morgan fingerprint density at radius 3 is 2.29 bits per heavy atom. The Bertz CT molecular complexity index is 590. The average Bonchev–Trinajstić information content (AvgIpc) is 2.45. The number of rotatable bonds is 4. The van der Waals surface area contributed by atoms with E-state index >= 15 is 0 Å². The molecule has 21 heavy (non-hydrogen) atoms. The second-order valence-corrected chi connectivity index (χ2v) is 8.36. The first-order valence-electron chi connectivity index (χ1n) is 7.19. The third kappa shape index (κ3) is 4.71. The summed E-state index contributed by atoms with van der Waals surface area (Å²) in [6.07, 6.45) is 4.77. The highest BCUT2D eigenvalue weighted by molar-refractivity contribution is 8.13. The minimum absolute atomic E-state index is 0.00184. The topological polar surface area (TPSA) is 63.2 Å². The standard InChI is InChI=1S/C15H20ClNO3S/c1-11-2-4-12(5-3-11)10-17-15(18)13-6-8-14(9-7-13)21(16,19)20/h6-9,11-12H,2-5,10H2,1H3,(H,17,18). The van der Waals surface area contributed by atoms with E-state index in [4.69, 9.17) is 10.7 Å². The second kappa shape index (κ2) is 6.79. The van der Waals surface area contributed by atoms with Gasteiger partial charge in [0.05, 0.1) is 4.90 Å². The van der Waals surface area contributed by atoms with Crippen LogP contribution in [0.25, 0.3) is 0 Å². The molecule has 1 aliphatic carbocycles. The zero-order valence-corrected chi connectivity index (χ0v) is 13.6. The summed E-state index contributed by atoms with van der Waals surface area (Å²) in [6.45, 7) is 2.95. The van der Waals surface area contributed by atoms with Crippen LogP contribution in [0, 0.1) is 11.8 Å². The first kappa shape index (κ1) is 16.3. The SMILES string of the molecule is CC1CCC(CNC(=O)c2ccc(S(=O)(=O)Cl)cc2)CC1. The maximum absolute atomic E-state index is 12.0. The van der Waals surface area contributed by atoms with Crippen LogP contribution in [0.2, 0.25) is 0 Å². The lowest BCUT2D eigenvalue weighted by Crippen LogP contribution is -2.31. The van der Waals surface area contributed by atoms with Crippen LogP contribution in [0.5, 0.6) is 0 Å². The zero-order valence-electron chi connectivity index (χ0n) is 12.0. The Hall–Kier alpha value is -1.07. The molecule has 0 bridgehead atoms. The summed E-state index contributed by atoms with van der Waals surface area (Å²) >= 11 is 0. The van der Waals surface area contributed by atoms with Crippen molar-refractivity contribution in [3.05, 3.63) is 29.8 Å². The first-order chi connectivity index (χ1) is 9.86. The molecule has 0 unspecified atom stereocenters. The molecule has 1 aliphatic rings. The second-order valence-electron chi connectivity index (χ2n) is 5.80. The van der Waals surface area contributed by atoms with Crippen molar-refractivity contribution in [2.45, 2.75) is 37.5 Å². The van der Waals surface area contributed by atoms with Gasteiger partial charge in [-0.15, -0.1) is 0 Å². The molecule has 6 heteroatoms. The van der Waals surface area contributed by atoms with E-state index in [0.29, 0.717) is 18.0 Å².